The maximum absolute atomic E-state index is 11.6. The minimum absolute atomic E-state index is 0.433. The van der Waals surface area contributed by atoms with Crippen LogP contribution in [0.5, 0.6) is 0 Å². The predicted octanol–water partition coefficient (Wildman–Crippen LogP) is 1.35. The molecule has 1 unspecified atom stereocenters. The number of rotatable bonds is 3. The number of fused-ring (bicyclic) bond motifs is 1. The Morgan fingerprint density at radius 2 is 2.15 bits per heavy atom. The smallest absolute Gasteiger partial charge is 0.296 e. The molecule has 1 fully saturated rings. The van der Waals surface area contributed by atoms with Crippen LogP contribution in [-0.4, -0.2) is 49.8 Å². The Morgan fingerprint density at radius 3 is 2.90 bits per heavy atom. The molecule has 2 aliphatic rings. The van der Waals surface area contributed by atoms with Crippen LogP contribution in [0.15, 0.2) is 18.2 Å². The molecule has 3 rings (SSSR count). The zero-order valence-electron chi connectivity index (χ0n) is 11.8. The SMILES string of the molecule is CN(C)CC1CCCN1c1ccc2c(c1)NC(=O)C2=O. The van der Waals surface area contributed by atoms with Gasteiger partial charge in [-0.3, -0.25) is 9.59 Å². The number of hydrogen-bond acceptors (Lipinski definition) is 4. The maximum atomic E-state index is 11.6. The van der Waals surface area contributed by atoms with E-state index in [1.807, 2.05) is 12.1 Å². The van der Waals surface area contributed by atoms with Crippen molar-refractivity contribution < 1.29 is 9.59 Å². The number of nitrogens with zero attached hydrogens (tertiary/aromatic N) is 2. The summed E-state index contributed by atoms with van der Waals surface area (Å²) in [6, 6.07) is 6.13. The maximum Gasteiger partial charge on any atom is 0.296 e. The molecule has 1 aromatic carbocycles. The quantitative estimate of drug-likeness (QED) is 0.845. The largest absolute Gasteiger partial charge is 0.367 e. The van der Waals surface area contributed by atoms with Crippen molar-refractivity contribution >= 4 is 23.1 Å². The lowest BCUT2D eigenvalue weighted by molar-refractivity contribution is -0.112. The van der Waals surface area contributed by atoms with Crippen LogP contribution in [0.2, 0.25) is 0 Å². The number of likely N-dealkylation sites (N-methyl/N-ethyl adjacent to an activating group) is 1. The zero-order chi connectivity index (χ0) is 14.3. The highest BCUT2D eigenvalue weighted by atomic mass is 16.2. The molecule has 1 amide bonds. The molecule has 2 aliphatic heterocycles. The molecule has 0 radical (unpaired) electrons. The van der Waals surface area contributed by atoms with Gasteiger partial charge >= 0.3 is 0 Å². The number of benzene rings is 1. The van der Waals surface area contributed by atoms with Gasteiger partial charge in [-0.2, -0.15) is 0 Å². The predicted molar refractivity (Wildman–Crippen MR) is 78.3 cm³/mol. The summed E-state index contributed by atoms with van der Waals surface area (Å²) in [5.74, 6) is -0.957. The third-order valence-electron chi connectivity index (χ3n) is 3.99. The van der Waals surface area contributed by atoms with Crippen molar-refractivity contribution in [3.05, 3.63) is 23.8 Å². The zero-order valence-corrected chi connectivity index (χ0v) is 11.8. The molecule has 0 bridgehead atoms. The highest BCUT2D eigenvalue weighted by Crippen LogP contribution is 2.32. The highest BCUT2D eigenvalue weighted by Gasteiger charge is 2.30. The molecule has 1 atom stereocenters. The average molecular weight is 273 g/mol. The van der Waals surface area contributed by atoms with E-state index < -0.39 is 11.7 Å². The Bertz CT molecular complexity index is 568. The first-order valence-corrected chi connectivity index (χ1v) is 6.97. The van der Waals surface area contributed by atoms with Gasteiger partial charge in [0.1, 0.15) is 0 Å². The van der Waals surface area contributed by atoms with Gasteiger partial charge < -0.3 is 15.1 Å². The fourth-order valence-corrected chi connectivity index (χ4v) is 3.10. The standard InChI is InChI=1S/C15H19N3O2/c1-17(2)9-11-4-3-7-18(11)10-5-6-12-13(8-10)16-15(20)14(12)19/h5-6,8,11H,3-4,7,9H2,1-2H3,(H,16,19,20). The summed E-state index contributed by atoms with van der Waals surface area (Å²) in [7, 11) is 4.16. The number of Topliss-reactive ketones (excluding diaryl/α,β-unsaturated/α-hetero) is 1. The van der Waals surface area contributed by atoms with E-state index >= 15 is 0 Å². The van der Waals surface area contributed by atoms with Gasteiger partial charge in [0.05, 0.1) is 11.3 Å². The third-order valence-corrected chi connectivity index (χ3v) is 3.99. The number of anilines is 2. The number of ketones is 1. The van der Waals surface area contributed by atoms with Crippen LogP contribution in [-0.2, 0) is 4.79 Å². The van der Waals surface area contributed by atoms with E-state index in [1.165, 1.54) is 12.8 Å². The molecule has 20 heavy (non-hydrogen) atoms. The number of hydrogen-bond donors (Lipinski definition) is 1. The first-order chi connectivity index (χ1) is 9.56. The van der Waals surface area contributed by atoms with Gasteiger partial charge in [0.2, 0.25) is 0 Å². The monoisotopic (exact) mass is 273 g/mol. The lowest BCUT2D eigenvalue weighted by Crippen LogP contribution is -2.37. The van der Waals surface area contributed by atoms with E-state index in [2.05, 4.69) is 29.2 Å². The third kappa shape index (κ3) is 2.18. The number of amides is 1. The van der Waals surface area contributed by atoms with Crippen LogP contribution < -0.4 is 10.2 Å². The number of carbonyl (C=O) groups is 2. The Balaban J connectivity index is 1.86. The van der Waals surface area contributed by atoms with E-state index in [9.17, 15) is 9.59 Å². The van der Waals surface area contributed by atoms with Crippen molar-refractivity contribution in [3.8, 4) is 0 Å². The Kier molecular flexibility index (Phi) is 3.22. The van der Waals surface area contributed by atoms with Crippen LogP contribution in [0.3, 0.4) is 0 Å². The van der Waals surface area contributed by atoms with Gasteiger partial charge in [-0.05, 0) is 45.1 Å². The number of nitrogens with one attached hydrogen (secondary N) is 1. The van der Waals surface area contributed by atoms with Crippen LogP contribution in [0.25, 0.3) is 0 Å². The van der Waals surface area contributed by atoms with Crippen LogP contribution in [0, 0.1) is 0 Å². The summed E-state index contributed by atoms with van der Waals surface area (Å²) in [6.07, 6.45) is 2.36. The van der Waals surface area contributed by atoms with Gasteiger partial charge in [-0.25, -0.2) is 0 Å². The molecule has 0 saturated carbocycles. The minimum Gasteiger partial charge on any atom is -0.367 e. The van der Waals surface area contributed by atoms with E-state index in [1.54, 1.807) is 6.07 Å². The second-order valence-electron chi connectivity index (χ2n) is 5.76. The van der Waals surface area contributed by atoms with Gasteiger partial charge in [-0.15, -0.1) is 0 Å². The summed E-state index contributed by atoms with van der Waals surface area (Å²) in [4.78, 5) is 27.6. The van der Waals surface area contributed by atoms with E-state index in [4.69, 9.17) is 0 Å². The molecular weight excluding hydrogens is 254 g/mol. The first kappa shape index (κ1) is 13.1. The van der Waals surface area contributed by atoms with E-state index in [0.717, 1.165) is 18.8 Å². The van der Waals surface area contributed by atoms with Crippen molar-refractivity contribution in [2.45, 2.75) is 18.9 Å². The van der Waals surface area contributed by atoms with Gasteiger partial charge in [0.15, 0.2) is 0 Å². The normalized spacial score (nSPS) is 21.6. The van der Waals surface area contributed by atoms with Crippen LogP contribution >= 0.6 is 0 Å². The highest BCUT2D eigenvalue weighted by molar-refractivity contribution is 6.51. The molecule has 0 aliphatic carbocycles. The Hall–Kier alpha value is -1.88. The summed E-state index contributed by atoms with van der Waals surface area (Å²) in [5.41, 5.74) is 2.22. The van der Waals surface area contributed by atoms with Gasteiger partial charge in [0, 0.05) is 24.8 Å². The van der Waals surface area contributed by atoms with Crippen molar-refractivity contribution in [2.24, 2.45) is 0 Å². The molecule has 106 valence electrons. The first-order valence-electron chi connectivity index (χ1n) is 6.97. The van der Waals surface area contributed by atoms with E-state index in [-0.39, 0.29) is 0 Å². The molecule has 0 spiro atoms. The van der Waals surface area contributed by atoms with Gasteiger partial charge in [0.25, 0.3) is 11.7 Å². The molecule has 5 nitrogen and oxygen atoms in total. The minimum atomic E-state index is -0.525. The Labute approximate surface area is 118 Å². The van der Waals surface area contributed by atoms with Gasteiger partial charge in [-0.1, -0.05) is 0 Å². The van der Waals surface area contributed by atoms with Crippen LogP contribution in [0.4, 0.5) is 11.4 Å². The molecule has 1 N–H and O–H groups in total. The number of carbonyl (C=O) groups excluding carboxylic acids is 2. The fraction of sp³-hybridized carbons (Fsp3) is 0.467. The lowest BCUT2D eigenvalue weighted by atomic mass is 10.1. The topological polar surface area (TPSA) is 52.6 Å². The van der Waals surface area contributed by atoms with Crippen molar-refractivity contribution in [1.82, 2.24) is 4.90 Å². The molecule has 0 aromatic heterocycles. The van der Waals surface area contributed by atoms with E-state index in [0.29, 0.717) is 17.3 Å². The molecular formula is C15H19N3O2. The summed E-state index contributed by atoms with van der Waals surface area (Å²) in [5, 5.41) is 2.64. The molecule has 1 saturated heterocycles. The summed E-state index contributed by atoms with van der Waals surface area (Å²) in [6.45, 7) is 2.04. The lowest BCUT2D eigenvalue weighted by Gasteiger charge is -2.29. The molecule has 2 heterocycles. The summed E-state index contributed by atoms with van der Waals surface area (Å²) >= 11 is 0. The second kappa shape index (κ2) is 4.90. The molecule has 1 aromatic rings. The summed E-state index contributed by atoms with van der Waals surface area (Å²) < 4.78 is 0. The fourth-order valence-electron chi connectivity index (χ4n) is 3.10. The second-order valence-corrected chi connectivity index (χ2v) is 5.76. The van der Waals surface area contributed by atoms with Crippen molar-refractivity contribution in [1.29, 1.82) is 0 Å². The Morgan fingerprint density at radius 1 is 1.35 bits per heavy atom. The average Bonchev–Trinajstić information content (AvgIpc) is 2.95. The molecule has 5 heteroatoms. The van der Waals surface area contributed by atoms with Crippen molar-refractivity contribution in [3.63, 3.8) is 0 Å². The van der Waals surface area contributed by atoms with Crippen molar-refractivity contribution in [2.75, 3.05) is 37.4 Å². The van der Waals surface area contributed by atoms with Crippen LogP contribution in [0.1, 0.15) is 23.2 Å².